The zero-order valence-corrected chi connectivity index (χ0v) is 8.77. The van der Waals surface area contributed by atoms with Gasteiger partial charge in [0.15, 0.2) is 5.82 Å². The van der Waals surface area contributed by atoms with E-state index in [1.807, 2.05) is 26.1 Å². The van der Waals surface area contributed by atoms with Crippen LogP contribution in [0.15, 0.2) is 6.07 Å². The predicted molar refractivity (Wildman–Crippen MR) is 51.9 cm³/mol. The first-order chi connectivity index (χ1) is 6.80. The third kappa shape index (κ3) is 3.00. The molecule has 0 atom stereocenters. The van der Waals surface area contributed by atoms with E-state index in [2.05, 4.69) is 10.2 Å². The highest BCUT2D eigenvalue weighted by Crippen LogP contribution is 2.21. The van der Waals surface area contributed by atoms with Crippen molar-refractivity contribution in [2.24, 2.45) is 0 Å². The lowest BCUT2D eigenvalue weighted by Gasteiger charge is -2.14. The highest BCUT2D eigenvalue weighted by Gasteiger charge is 2.20. The van der Waals surface area contributed by atoms with Crippen LogP contribution in [-0.4, -0.2) is 22.5 Å². The number of aromatic amines is 1. The Hall–Kier alpha value is -1.46. The number of carbonyl (C=O) groups excluding carboxylic acids is 1. The molecule has 0 aliphatic heterocycles. The molecule has 6 heteroatoms. The van der Waals surface area contributed by atoms with Crippen molar-refractivity contribution in [2.45, 2.75) is 32.6 Å². The second-order valence-electron chi connectivity index (χ2n) is 4.21. The van der Waals surface area contributed by atoms with Crippen LogP contribution in [0.5, 0.6) is 0 Å². The van der Waals surface area contributed by atoms with Gasteiger partial charge in [-0.15, -0.1) is 0 Å². The van der Waals surface area contributed by atoms with E-state index in [0.29, 0.717) is 0 Å². The molecule has 0 aliphatic carbocycles. The molecule has 1 rings (SSSR count). The van der Waals surface area contributed by atoms with E-state index in [1.165, 1.54) is 0 Å². The molecule has 1 heterocycles. The maximum absolute atomic E-state index is 11.9. The maximum Gasteiger partial charge on any atom is 0.315 e. The summed E-state index contributed by atoms with van der Waals surface area (Å²) in [5.74, 6) is -1.23. The molecule has 2 N–H and O–H groups in total. The quantitative estimate of drug-likeness (QED) is 0.795. The van der Waals surface area contributed by atoms with Gasteiger partial charge in [0.1, 0.15) is 0 Å². The molecular formula is C9H13F2N3O. The summed E-state index contributed by atoms with van der Waals surface area (Å²) in [5, 5.41) is 8.40. The van der Waals surface area contributed by atoms with Gasteiger partial charge in [0.05, 0.1) is 0 Å². The van der Waals surface area contributed by atoms with Gasteiger partial charge in [-0.25, -0.2) is 0 Å². The minimum Gasteiger partial charge on any atom is -0.304 e. The van der Waals surface area contributed by atoms with E-state index < -0.39 is 12.3 Å². The molecule has 0 aromatic carbocycles. The number of alkyl halides is 2. The van der Waals surface area contributed by atoms with Gasteiger partial charge in [-0.1, -0.05) is 20.8 Å². The molecule has 15 heavy (non-hydrogen) atoms. The lowest BCUT2D eigenvalue weighted by molar-refractivity contribution is -0.126. The van der Waals surface area contributed by atoms with Gasteiger partial charge >= 0.3 is 6.43 Å². The van der Waals surface area contributed by atoms with Crippen molar-refractivity contribution in [3.63, 3.8) is 0 Å². The first-order valence-corrected chi connectivity index (χ1v) is 4.45. The smallest absolute Gasteiger partial charge is 0.304 e. The highest BCUT2D eigenvalue weighted by molar-refractivity contribution is 5.92. The van der Waals surface area contributed by atoms with Crippen molar-refractivity contribution >= 4 is 11.7 Å². The van der Waals surface area contributed by atoms with Crippen molar-refractivity contribution in [1.82, 2.24) is 10.2 Å². The number of carbonyl (C=O) groups is 1. The van der Waals surface area contributed by atoms with Gasteiger partial charge in [-0.3, -0.25) is 9.89 Å². The zero-order valence-electron chi connectivity index (χ0n) is 8.77. The molecule has 0 saturated heterocycles. The number of amides is 1. The topological polar surface area (TPSA) is 57.8 Å². The Morgan fingerprint density at radius 3 is 2.53 bits per heavy atom. The van der Waals surface area contributed by atoms with Crippen LogP contribution in [0.4, 0.5) is 14.6 Å². The molecule has 1 amide bonds. The molecule has 1 aromatic heterocycles. The molecule has 0 radical (unpaired) electrons. The molecule has 0 saturated carbocycles. The molecule has 0 unspecified atom stereocenters. The van der Waals surface area contributed by atoms with Crippen molar-refractivity contribution in [2.75, 3.05) is 5.32 Å². The normalized spacial score (nSPS) is 11.9. The van der Waals surface area contributed by atoms with E-state index in [1.54, 1.807) is 6.07 Å². The Morgan fingerprint density at radius 2 is 2.13 bits per heavy atom. The largest absolute Gasteiger partial charge is 0.315 e. The minimum absolute atomic E-state index is 0.116. The van der Waals surface area contributed by atoms with E-state index in [0.717, 1.165) is 5.69 Å². The number of H-pyrrole nitrogens is 1. The Balaban J connectivity index is 2.73. The van der Waals surface area contributed by atoms with Crippen LogP contribution >= 0.6 is 0 Å². The number of aromatic nitrogens is 2. The Bertz CT molecular complexity index is 354. The summed E-state index contributed by atoms with van der Waals surface area (Å²) in [6.07, 6.45) is -3.03. The van der Waals surface area contributed by atoms with E-state index in [4.69, 9.17) is 0 Å². The van der Waals surface area contributed by atoms with Crippen LogP contribution < -0.4 is 5.32 Å². The Kier molecular flexibility index (Phi) is 3.06. The lowest BCUT2D eigenvalue weighted by atomic mass is 9.92. The molecule has 0 bridgehead atoms. The Labute approximate surface area is 86.1 Å². The van der Waals surface area contributed by atoms with E-state index in [-0.39, 0.29) is 11.2 Å². The second-order valence-corrected chi connectivity index (χ2v) is 4.21. The third-order valence-electron chi connectivity index (χ3n) is 1.84. The summed E-state index contributed by atoms with van der Waals surface area (Å²) in [4.78, 5) is 10.7. The zero-order chi connectivity index (χ0) is 11.6. The fourth-order valence-electron chi connectivity index (χ4n) is 0.951. The van der Waals surface area contributed by atoms with E-state index in [9.17, 15) is 13.6 Å². The molecule has 1 aromatic rings. The molecule has 4 nitrogen and oxygen atoms in total. The van der Waals surface area contributed by atoms with Gasteiger partial charge in [-0.2, -0.15) is 13.9 Å². The minimum atomic E-state index is -3.03. The van der Waals surface area contributed by atoms with Gasteiger partial charge in [0.2, 0.25) is 0 Å². The summed E-state index contributed by atoms with van der Waals surface area (Å²) in [6, 6.07) is 1.54. The highest BCUT2D eigenvalue weighted by atomic mass is 19.3. The van der Waals surface area contributed by atoms with Crippen LogP contribution in [0, 0.1) is 0 Å². The van der Waals surface area contributed by atoms with Crippen molar-refractivity contribution in [1.29, 1.82) is 0 Å². The summed E-state index contributed by atoms with van der Waals surface area (Å²) < 4.78 is 23.8. The summed E-state index contributed by atoms with van der Waals surface area (Å²) in [6.45, 7) is 5.83. The molecule has 0 fully saturated rings. The van der Waals surface area contributed by atoms with Gasteiger partial charge < -0.3 is 5.32 Å². The summed E-state index contributed by atoms with van der Waals surface area (Å²) in [7, 11) is 0. The lowest BCUT2D eigenvalue weighted by Crippen LogP contribution is -2.20. The number of rotatable bonds is 2. The average Bonchev–Trinajstić information content (AvgIpc) is 2.51. The maximum atomic E-state index is 11.9. The fourth-order valence-corrected chi connectivity index (χ4v) is 0.951. The predicted octanol–water partition coefficient (Wildman–Crippen LogP) is 1.91. The van der Waals surface area contributed by atoms with Gasteiger partial charge in [-0.05, 0) is 0 Å². The number of nitrogens with one attached hydrogen (secondary N) is 2. The van der Waals surface area contributed by atoms with Gasteiger partial charge in [0.25, 0.3) is 5.91 Å². The summed E-state index contributed by atoms with van der Waals surface area (Å²) >= 11 is 0. The first kappa shape index (κ1) is 11.6. The number of anilines is 1. The van der Waals surface area contributed by atoms with Crippen LogP contribution in [0.3, 0.4) is 0 Å². The van der Waals surface area contributed by atoms with Crippen LogP contribution in [0.1, 0.15) is 26.5 Å². The van der Waals surface area contributed by atoms with Crippen LogP contribution in [0.2, 0.25) is 0 Å². The number of hydrogen-bond acceptors (Lipinski definition) is 2. The fraction of sp³-hybridized carbons (Fsp3) is 0.556. The molecule has 84 valence electrons. The number of halogens is 2. The molecule has 0 aliphatic rings. The SMILES string of the molecule is CC(C)(C)c1cc(NC(=O)C(F)F)n[nH]1. The van der Waals surface area contributed by atoms with Crippen molar-refractivity contribution in [3.05, 3.63) is 11.8 Å². The second kappa shape index (κ2) is 3.96. The van der Waals surface area contributed by atoms with Crippen molar-refractivity contribution in [3.8, 4) is 0 Å². The summed E-state index contributed by atoms with van der Waals surface area (Å²) in [5.41, 5.74) is 0.605. The van der Waals surface area contributed by atoms with Crippen LogP contribution in [0.25, 0.3) is 0 Å². The number of hydrogen-bond donors (Lipinski definition) is 2. The monoisotopic (exact) mass is 217 g/mol. The Morgan fingerprint density at radius 1 is 1.53 bits per heavy atom. The molecular weight excluding hydrogens is 204 g/mol. The standard InChI is InChI=1S/C9H13F2N3O/c1-9(2,3)5-4-6(14-13-5)12-8(15)7(10)11/h4,7H,1-3H3,(H2,12,13,14,15). The average molecular weight is 217 g/mol. The van der Waals surface area contributed by atoms with Gasteiger partial charge in [0, 0.05) is 17.2 Å². The third-order valence-corrected chi connectivity index (χ3v) is 1.84. The molecule has 0 spiro atoms. The van der Waals surface area contributed by atoms with Crippen LogP contribution in [-0.2, 0) is 10.2 Å². The van der Waals surface area contributed by atoms with E-state index >= 15 is 0 Å². The first-order valence-electron chi connectivity index (χ1n) is 4.45. The van der Waals surface area contributed by atoms with Crippen molar-refractivity contribution < 1.29 is 13.6 Å². The number of nitrogens with zero attached hydrogens (tertiary/aromatic N) is 1.